The van der Waals surface area contributed by atoms with E-state index in [2.05, 4.69) is 15.6 Å². The summed E-state index contributed by atoms with van der Waals surface area (Å²) in [6, 6.07) is 13.1. The van der Waals surface area contributed by atoms with Gasteiger partial charge < -0.3 is 34.5 Å². The smallest absolute Gasteiger partial charge is 0.394 e. The normalized spacial score (nSPS) is 27.8. The molecule has 3 aliphatic rings. The first-order valence-corrected chi connectivity index (χ1v) is 14.8. The number of allylic oxidation sites excluding steroid dienone is 1. The fraction of sp³-hybridized carbons (Fsp3) is 0.438. The molecule has 2 aliphatic heterocycles. The van der Waals surface area contributed by atoms with Crippen LogP contribution in [0.1, 0.15) is 44.9 Å². The number of oxazole rings is 1. The summed E-state index contributed by atoms with van der Waals surface area (Å²) in [6.07, 6.45) is 7.86. The number of aromatic nitrogens is 1. The Morgan fingerprint density at radius 1 is 1.16 bits per heavy atom. The molecular weight excluding hydrogens is 552 g/mol. The second kappa shape index (κ2) is 12.0. The second-order valence-corrected chi connectivity index (χ2v) is 11.5. The average molecular weight is 589 g/mol. The molecule has 5 atom stereocenters. The summed E-state index contributed by atoms with van der Waals surface area (Å²) in [5.74, 6) is -1.47. The zero-order chi connectivity index (χ0) is 30.0. The number of fused-ring (bicyclic) bond motifs is 3. The van der Waals surface area contributed by atoms with Crippen molar-refractivity contribution >= 4 is 34.6 Å². The lowest BCUT2D eigenvalue weighted by molar-refractivity contribution is -0.145. The van der Waals surface area contributed by atoms with E-state index in [1.54, 1.807) is 13.2 Å². The fourth-order valence-corrected chi connectivity index (χ4v) is 6.11. The van der Waals surface area contributed by atoms with Gasteiger partial charge in [-0.15, -0.1) is 0 Å². The monoisotopic (exact) mass is 588 g/mol. The molecule has 11 nitrogen and oxygen atoms in total. The maximum absolute atomic E-state index is 14.2. The van der Waals surface area contributed by atoms with Gasteiger partial charge in [-0.2, -0.15) is 4.98 Å². The van der Waals surface area contributed by atoms with Crippen LogP contribution in [0.5, 0.6) is 11.8 Å². The van der Waals surface area contributed by atoms with E-state index in [9.17, 15) is 19.5 Å². The molecule has 2 amide bonds. The number of para-hydroxylation sites is 2. The SMILES string of the molecule is COc1cccc(N[C@H]2CCCCCC=C[C@@H]3C[C@@]3(C(=O)O)NC(=O)[C@@H]3C[C@@H](Oc4nc5ccccc5o4)CN3C2=O)c1. The van der Waals surface area contributed by atoms with Crippen LogP contribution in [-0.2, 0) is 14.4 Å². The van der Waals surface area contributed by atoms with E-state index in [0.29, 0.717) is 29.7 Å². The summed E-state index contributed by atoms with van der Waals surface area (Å²) in [6.45, 7) is 0.120. The highest BCUT2D eigenvalue weighted by Gasteiger charge is 2.61. The minimum Gasteiger partial charge on any atom is -0.497 e. The van der Waals surface area contributed by atoms with Crippen molar-refractivity contribution in [3.8, 4) is 11.8 Å². The van der Waals surface area contributed by atoms with Crippen molar-refractivity contribution in [2.45, 2.75) is 68.7 Å². The average Bonchev–Trinajstić information content (AvgIpc) is 3.32. The molecule has 3 heterocycles. The van der Waals surface area contributed by atoms with Crippen LogP contribution < -0.4 is 20.1 Å². The van der Waals surface area contributed by atoms with Gasteiger partial charge in [0.15, 0.2) is 5.58 Å². The first-order chi connectivity index (χ1) is 20.9. The van der Waals surface area contributed by atoms with Crippen LogP contribution in [0.25, 0.3) is 11.1 Å². The van der Waals surface area contributed by atoms with E-state index in [4.69, 9.17) is 13.9 Å². The molecule has 1 aliphatic carbocycles. The Balaban J connectivity index is 1.29. The van der Waals surface area contributed by atoms with Crippen molar-refractivity contribution in [2.24, 2.45) is 5.92 Å². The quantitative estimate of drug-likeness (QED) is 0.362. The maximum Gasteiger partial charge on any atom is 0.394 e. The highest BCUT2D eigenvalue weighted by molar-refractivity contribution is 5.96. The summed E-state index contributed by atoms with van der Waals surface area (Å²) in [4.78, 5) is 46.3. The van der Waals surface area contributed by atoms with Crippen molar-refractivity contribution in [2.75, 3.05) is 19.0 Å². The number of nitrogens with zero attached hydrogens (tertiary/aromatic N) is 2. The van der Waals surface area contributed by atoms with Gasteiger partial charge in [-0.25, -0.2) is 4.79 Å². The number of ether oxygens (including phenoxy) is 2. The Bertz CT molecular complexity index is 1500. The third kappa shape index (κ3) is 6.02. The van der Waals surface area contributed by atoms with Gasteiger partial charge in [0.05, 0.1) is 13.7 Å². The fourth-order valence-electron chi connectivity index (χ4n) is 6.11. The largest absolute Gasteiger partial charge is 0.497 e. The van der Waals surface area contributed by atoms with Gasteiger partial charge >= 0.3 is 12.0 Å². The van der Waals surface area contributed by atoms with Gasteiger partial charge in [0.2, 0.25) is 11.8 Å². The predicted octanol–water partition coefficient (Wildman–Crippen LogP) is 4.15. The number of hydrogen-bond acceptors (Lipinski definition) is 8. The van der Waals surface area contributed by atoms with Crippen LogP contribution in [0.15, 0.2) is 65.1 Å². The van der Waals surface area contributed by atoms with Crippen molar-refractivity contribution in [1.29, 1.82) is 0 Å². The molecule has 0 unspecified atom stereocenters. The van der Waals surface area contributed by atoms with E-state index < -0.39 is 35.6 Å². The molecule has 1 aromatic heterocycles. The molecule has 6 rings (SSSR count). The Morgan fingerprint density at radius 3 is 2.84 bits per heavy atom. The zero-order valence-electron chi connectivity index (χ0n) is 24.0. The predicted molar refractivity (Wildman–Crippen MR) is 158 cm³/mol. The third-order valence-electron chi connectivity index (χ3n) is 8.57. The number of methoxy groups -OCH3 is 1. The van der Waals surface area contributed by atoms with Crippen LogP contribution in [0.2, 0.25) is 0 Å². The number of hydrogen-bond donors (Lipinski definition) is 3. The lowest BCUT2D eigenvalue weighted by Gasteiger charge is -2.30. The lowest BCUT2D eigenvalue weighted by atomic mass is 10.0. The Kier molecular flexibility index (Phi) is 7.96. The van der Waals surface area contributed by atoms with E-state index in [0.717, 1.165) is 31.4 Å². The molecule has 0 bridgehead atoms. The first-order valence-electron chi connectivity index (χ1n) is 14.8. The van der Waals surface area contributed by atoms with Crippen LogP contribution in [0, 0.1) is 5.92 Å². The van der Waals surface area contributed by atoms with Gasteiger partial charge in [0, 0.05) is 24.1 Å². The molecule has 2 fully saturated rings. The van der Waals surface area contributed by atoms with Gasteiger partial charge in [-0.1, -0.05) is 43.2 Å². The van der Waals surface area contributed by atoms with Gasteiger partial charge in [0.25, 0.3) is 0 Å². The molecular formula is C32H36N4O7. The lowest BCUT2D eigenvalue weighted by Crippen LogP contribution is -2.55. The molecule has 2 aromatic carbocycles. The van der Waals surface area contributed by atoms with Gasteiger partial charge in [0.1, 0.15) is 35.0 Å². The number of carboxylic acid groups (broad SMARTS) is 1. The summed E-state index contributed by atoms with van der Waals surface area (Å²) in [5, 5.41) is 16.2. The van der Waals surface area contributed by atoms with E-state index in [-0.39, 0.29) is 30.9 Å². The summed E-state index contributed by atoms with van der Waals surface area (Å²) in [7, 11) is 1.58. The van der Waals surface area contributed by atoms with Crippen molar-refractivity contribution in [3.63, 3.8) is 0 Å². The molecule has 226 valence electrons. The number of aliphatic carboxylic acids is 1. The highest BCUT2D eigenvalue weighted by Crippen LogP contribution is 2.45. The third-order valence-corrected chi connectivity index (χ3v) is 8.57. The van der Waals surface area contributed by atoms with Gasteiger partial charge in [-0.3, -0.25) is 9.59 Å². The minimum atomic E-state index is -1.38. The number of nitrogens with one attached hydrogen (secondary N) is 2. The van der Waals surface area contributed by atoms with E-state index in [1.165, 1.54) is 4.90 Å². The van der Waals surface area contributed by atoms with Gasteiger partial charge in [-0.05, 0) is 49.9 Å². The summed E-state index contributed by atoms with van der Waals surface area (Å²) < 4.78 is 17.2. The molecule has 11 heteroatoms. The standard InChI is InChI=1S/C32H36N4O7/c1-41-22-12-9-11-21(16-22)33-25-14-6-4-2-3-5-10-20-18-32(20,30(39)40)35-28(37)26-17-23(19-36(26)29(25)38)42-31-34-24-13-7-8-15-27(24)43-31/h5,7-13,15-16,20,23,25-26,33H,2-4,6,14,17-19H2,1H3,(H,35,37)(H,39,40)/t20-,23-,25+,26+,32-/m1/s1. The Hall–Kier alpha value is -4.54. The molecule has 0 radical (unpaired) electrons. The highest BCUT2D eigenvalue weighted by atomic mass is 16.6. The number of anilines is 1. The molecule has 3 N–H and O–H groups in total. The minimum absolute atomic E-state index is 0.0576. The van der Waals surface area contributed by atoms with Crippen molar-refractivity contribution < 1.29 is 33.4 Å². The summed E-state index contributed by atoms with van der Waals surface area (Å²) in [5.41, 5.74) is 0.555. The number of amides is 2. The van der Waals surface area contributed by atoms with E-state index >= 15 is 0 Å². The Morgan fingerprint density at radius 2 is 2.02 bits per heavy atom. The number of rotatable bonds is 6. The molecule has 43 heavy (non-hydrogen) atoms. The topological polar surface area (TPSA) is 143 Å². The zero-order valence-corrected chi connectivity index (χ0v) is 24.0. The number of carbonyl (C=O) groups is 3. The van der Waals surface area contributed by atoms with Crippen LogP contribution in [0.3, 0.4) is 0 Å². The van der Waals surface area contributed by atoms with Crippen LogP contribution in [0.4, 0.5) is 5.69 Å². The number of carboxylic acids is 1. The maximum atomic E-state index is 14.2. The van der Waals surface area contributed by atoms with E-state index in [1.807, 2.05) is 54.6 Å². The van der Waals surface area contributed by atoms with Crippen molar-refractivity contribution in [1.82, 2.24) is 15.2 Å². The molecule has 1 saturated carbocycles. The van der Waals surface area contributed by atoms with Crippen LogP contribution in [-0.4, -0.2) is 70.2 Å². The number of benzene rings is 2. The molecule has 1 saturated heterocycles. The molecule has 0 spiro atoms. The van der Waals surface area contributed by atoms with Crippen LogP contribution >= 0.6 is 0 Å². The Labute approximate surface area is 249 Å². The second-order valence-electron chi connectivity index (χ2n) is 11.5. The van der Waals surface area contributed by atoms with Crippen molar-refractivity contribution in [3.05, 3.63) is 60.7 Å². The number of carbonyl (C=O) groups excluding carboxylic acids is 2. The summed E-state index contributed by atoms with van der Waals surface area (Å²) >= 11 is 0. The molecule has 3 aromatic rings. The first kappa shape index (κ1) is 28.6.